The molecule has 14 heavy (non-hydrogen) atoms. The van der Waals surface area contributed by atoms with E-state index in [0.29, 0.717) is 0 Å². The number of anilines is 1. The summed E-state index contributed by atoms with van der Waals surface area (Å²) in [4.78, 5) is 14.2. The summed E-state index contributed by atoms with van der Waals surface area (Å²) in [6, 6.07) is 0. The van der Waals surface area contributed by atoms with Gasteiger partial charge in [0.1, 0.15) is 17.4 Å². The number of aromatic carboxylic acids is 1. The number of carboxylic acid groups (broad SMARTS) is 1. The minimum Gasteiger partial charge on any atom is -0.477 e. The molecule has 0 aliphatic heterocycles. The van der Waals surface area contributed by atoms with E-state index in [1.54, 1.807) is 0 Å². The Kier molecular flexibility index (Phi) is 1.56. The van der Waals surface area contributed by atoms with Gasteiger partial charge >= 0.3 is 5.97 Å². The van der Waals surface area contributed by atoms with Gasteiger partial charge in [-0.1, -0.05) is 0 Å². The number of fused-ring (bicyclic) bond motifs is 1. The van der Waals surface area contributed by atoms with E-state index >= 15 is 0 Å². The van der Waals surface area contributed by atoms with Crippen molar-refractivity contribution in [2.24, 2.45) is 0 Å². The Balaban J connectivity index is 2.93. The molecule has 2 aromatic heterocycles. The van der Waals surface area contributed by atoms with Crippen LogP contribution in [0.3, 0.4) is 0 Å². The summed E-state index contributed by atoms with van der Waals surface area (Å²) in [7, 11) is 0. The van der Waals surface area contributed by atoms with Crippen LogP contribution in [0.25, 0.3) is 5.52 Å². The standard InChI is InChI=1S/C6H4FN5O2/c7-4-2(6(13)14)3-5(8)9-1-10-12(3)11-4/h1H,(H,13,14)(H2,8,9,10). The largest absolute Gasteiger partial charge is 0.477 e. The molecule has 8 heteroatoms. The van der Waals surface area contributed by atoms with E-state index in [1.165, 1.54) is 0 Å². The predicted octanol–water partition coefficient (Wildman–Crippen LogP) is -0.456. The third-order valence-electron chi connectivity index (χ3n) is 1.64. The zero-order chi connectivity index (χ0) is 10.3. The number of nitrogens with zero attached hydrogens (tertiary/aromatic N) is 4. The smallest absolute Gasteiger partial charge is 0.342 e. The van der Waals surface area contributed by atoms with E-state index in [0.717, 1.165) is 11.0 Å². The van der Waals surface area contributed by atoms with Crippen LogP contribution in [0.5, 0.6) is 0 Å². The molecular weight excluding hydrogens is 193 g/mol. The Hall–Kier alpha value is -2.25. The lowest BCUT2D eigenvalue weighted by atomic mass is 10.3. The molecule has 0 fully saturated rings. The van der Waals surface area contributed by atoms with E-state index < -0.39 is 17.5 Å². The summed E-state index contributed by atoms with van der Waals surface area (Å²) in [5.74, 6) is -2.72. The molecule has 2 rings (SSSR count). The minimum absolute atomic E-state index is 0.131. The Bertz CT molecular complexity index is 522. The number of rotatable bonds is 1. The molecule has 0 saturated heterocycles. The van der Waals surface area contributed by atoms with E-state index in [4.69, 9.17) is 10.8 Å². The molecule has 3 N–H and O–H groups in total. The lowest BCUT2D eigenvalue weighted by Gasteiger charge is -1.94. The van der Waals surface area contributed by atoms with Crippen LogP contribution in [0.15, 0.2) is 6.33 Å². The highest BCUT2D eigenvalue weighted by Gasteiger charge is 2.22. The summed E-state index contributed by atoms with van der Waals surface area (Å²) >= 11 is 0. The summed E-state index contributed by atoms with van der Waals surface area (Å²) in [5.41, 5.74) is 4.60. The molecule has 72 valence electrons. The normalized spacial score (nSPS) is 10.6. The van der Waals surface area contributed by atoms with Crippen molar-refractivity contribution in [1.29, 1.82) is 0 Å². The van der Waals surface area contributed by atoms with E-state index in [1.807, 2.05) is 0 Å². The van der Waals surface area contributed by atoms with Gasteiger partial charge in [-0.25, -0.2) is 9.78 Å². The topological polar surface area (TPSA) is 106 Å². The molecule has 0 saturated carbocycles. The van der Waals surface area contributed by atoms with Gasteiger partial charge in [-0.2, -0.15) is 4.39 Å². The number of carboxylic acids is 1. The van der Waals surface area contributed by atoms with Crippen LogP contribution in [0.2, 0.25) is 0 Å². The second-order valence-electron chi connectivity index (χ2n) is 2.45. The fraction of sp³-hybridized carbons (Fsp3) is 0. The van der Waals surface area contributed by atoms with E-state index in [-0.39, 0.29) is 11.3 Å². The third-order valence-corrected chi connectivity index (χ3v) is 1.64. The summed E-state index contributed by atoms with van der Waals surface area (Å²) in [6.45, 7) is 0. The number of aromatic nitrogens is 4. The van der Waals surface area contributed by atoms with Crippen LogP contribution in [-0.4, -0.2) is 30.9 Å². The average Bonchev–Trinajstić information content (AvgIpc) is 2.42. The maximum absolute atomic E-state index is 13.0. The first kappa shape index (κ1) is 8.35. The monoisotopic (exact) mass is 197 g/mol. The maximum atomic E-state index is 13.0. The Labute approximate surface area is 76.0 Å². The zero-order valence-corrected chi connectivity index (χ0v) is 6.68. The summed E-state index contributed by atoms with van der Waals surface area (Å²) in [6.07, 6.45) is 1.06. The number of hydrogen-bond acceptors (Lipinski definition) is 5. The lowest BCUT2D eigenvalue weighted by Crippen LogP contribution is -2.03. The Morgan fingerprint density at radius 3 is 3.00 bits per heavy atom. The molecule has 0 radical (unpaired) electrons. The molecule has 0 atom stereocenters. The second-order valence-corrected chi connectivity index (χ2v) is 2.45. The zero-order valence-electron chi connectivity index (χ0n) is 6.68. The predicted molar refractivity (Wildman–Crippen MR) is 42.1 cm³/mol. The molecule has 0 aliphatic carbocycles. The molecule has 2 aromatic rings. The molecule has 0 amide bonds. The van der Waals surface area contributed by atoms with Crippen LogP contribution >= 0.6 is 0 Å². The average molecular weight is 197 g/mol. The first-order valence-corrected chi connectivity index (χ1v) is 3.49. The quantitative estimate of drug-likeness (QED) is 0.640. The van der Waals surface area contributed by atoms with Gasteiger partial charge in [0.15, 0.2) is 5.82 Å². The van der Waals surface area contributed by atoms with Crippen molar-refractivity contribution in [3.63, 3.8) is 0 Å². The SMILES string of the molecule is Nc1ncnn2nc(F)c(C(=O)O)c12. The number of nitrogen functional groups attached to an aromatic ring is 1. The van der Waals surface area contributed by atoms with Gasteiger partial charge in [0.25, 0.3) is 0 Å². The number of nitrogens with two attached hydrogens (primary N) is 1. The van der Waals surface area contributed by atoms with Crippen molar-refractivity contribution in [2.75, 3.05) is 5.73 Å². The van der Waals surface area contributed by atoms with Gasteiger partial charge in [0.2, 0.25) is 5.95 Å². The highest BCUT2D eigenvalue weighted by Crippen LogP contribution is 2.17. The lowest BCUT2D eigenvalue weighted by molar-refractivity contribution is 0.0694. The van der Waals surface area contributed by atoms with Gasteiger partial charge in [-0.05, 0) is 0 Å². The fourth-order valence-electron chi connectivity index (χ4n) is 1.08. The van der Waals surface area contributed by atoms with Crippen molar-refractivity contribution >= 4 is 17.3 Å². The second kappa shape index (κ2) is 2.62. The van der Waals surface area contributed by atoms with Gasteiger partial charge in [0.05, 0.1) is 0 Å². The molecule has 2 heterocycles. The number of hydrogen-bond donors (Lipinski definition) is 2. The number of carbonyl (C=O) groups is 1. The highest BCUT2D eigenvalue weighted by atomic mass is 19.1. The van der Waals surface area contributed by atoms with Gasteiger partial charge < -0.3 is 10.8 Å². The fourth-order valence-corrected chi connectivity index (χ4v) is 1.08. The molecule has 0 aromatic carbocycles. The minimum atomic E-state index is -1.46. The highest BCUT2D eigenvalue weighted by molar-refractivity contribution is 5.98. The maximum Gasteiger partial charge on any atom is 0.342 e. The first-order valence-electron chi connectivity index (χ1n) is 3.49. The van der Waals surface area contributed by atoms with Crippen LogP contribution in [0.1, 0.15) is 10.4 Å². The van der Waals surface area contributed by atoms with Gasteiger partial charge in [0, 0.05) is 0 Å². The molecule has 0 aliphatic rings. The third kappa shape index (κ3) is 0.969. The van der Waals surface area contributed by atoms with Gasteiger partial charge in [-0.3, -0.25) is 0 Å². The van der Waals surface area contributed by atoms with Crippen LogP contribution in [0, 0.1) is 5.95 Å². The van der Waals surface area contributed by atoms with Crippen molar-refractivity contribution < 1.29 is 14.3 Å². The summed E-state index contributed by atoms with van der Waals surface area (Å²) < 4.78 is 13.8. The number of halogens is 1. The van der Waals surface area contributed by atoms with E-state index in [2.05, 4.69) is 15.2 Å². The van der Waals surface area contributed by atoms with Crippen LogP contribution < -0.4 is 5.73 Å². The Morgan fingerprint density at radius 2 is 2.36 bits per heavy atom. The molecule has 0 unspecified atom stereocenters. The van der Waals surface area contributed by atoms with Crippen LogP contribution in [0.4, 0.5) is 10.2 Å². The van der Waals surface area contributed by atoms with Crippen molar-refractivity contribution in [1.82, 2.24) is 19.8 Å². The summed E-state index contributed by atoms with van der Waals surface area (Å²) in [5, 5.41) is 15.4. The Morgan fingerprint density at radius 1 is 1.64 bits per heavy atom. The molecule has 7 nitrogen and oxygen atoms in total. The van der Waals surface area contributed by atoms with Gasteiger partial charge in [-0.15, -0.1) is 14.8 Å². The van der Waals surface area contributed by atoms with Crippen LogP contribution in [-0.2, 0) is 0 Å². The van der Waals surface area contributed by atoms with Crippen molar-refractivity contribution in [3.8, 4) is 0 Å². The van der Waals surface area contributed by atoms with E-state index in [9.17, 15) is 9.18 Å². The molecule has 0 spiro atoms. The molecular formula is C6H4FN5O2. The van der Waals surface area contributed by atoms with Crippen molar-refractivity contribution in [3.05, 3.63) is 17.8 Å². The first-order chi connectivity index (χ1) is 6.61. The van der Waals surface area contributed by atoms with Crippen molar-refractivity contribution in [2.45, 2.75) is 0 Å². The molecule has 0 bridgehead atoms.